The lowest BCUT2D eigenvalue weighted by atomic mass is 10.2. The lowest BCUT2D eigenvalue weighted by Crippen LogP contribution is -2.50. The van der Waals surface area contributed by atoms with Crippen molar-refractivity contribution in [2.24, 2.45) is 0 Å². The van der Waals surface area contributed by atoms with Crippen LogP contribution in [0.5, 0.6) is 0 Å². The maximum atomic E-state index is 12.5. The van der Waals surface area contributed by atoms with Gasteiger partial charge in [0, 0.05) is 38.1 Å². The molecule has 2 aromatic carbocycles. The molecule has 6 nitrogen and oxygen atoms in total. The first-order valence-electron chi connectivity index (χ1n) is 9.51. The van der Waals surface area contributed by atoms with Crippen LogP contribution in [0.4, 0.5) is 16.3 Å². The van der Waals surface area contributed by atoms with Crippen LogP contribution in [0.1, 0.15) is 0 Å². The van der Waals surface area contributed by atoms with Gasteiger partial charge in [-0.1, -0.05) is 30.3 Å². The van der Waals surface area contributed by atoms with E-state index in [0.717, 1.165) is 41.1 Å². The van der Waals surface area contributed by atoms with Crippen LogP contribution in [-0.4, -0.2) is 46.5 Å². The summed E-state index contributed by atoms with van der Waals surface area (Å²) in [7, 11) is 0. The van der Waals surface area contributed by atoms with E-state index in [0.29, 0.717) is 13.1 Å². The number of amides is 2. The quantitative estimate of drug-likeness (QED) is 0.582. The number of aromatic nitrogens is 2. The highest BCUT2D eigenvalue weighted by Gasteiger charge is 2.23. The molecule has 0 aliphatic carbocycles. The molecule has 1 fully saturated rings. The van der Waals surface area contributed by atoms with E-state index in [9.17, 15) is 4.79 Å². The Morgan fingerprint density at radius 3 is 2.36 bits per heavy atom. The van der Waals surface area contributed by atoms with Gasteiger partial charge in [0.1, 0.15) is 0 Å². The number of nitrogens with zero attached hydrogens (tertiary/aromatic N) is 4. The molecule has 2 amide bonds. The number of piperazine rings is 1. The maximum absolute atomic E-state index is 12.5. The fourth-order valence-corrected chi connectivity index (χ4v) is 3.79. The Morgan fingerprint density at radius 1 is 0.821 bits per heavy atom. The third-order valence-electron chi connectivity index (χ3n) is 5.24. The number of carbonyl (C=O) groups excluding carboxylic acids is 1. The van der Waals surface area contributed by atoms with E-state index >= 15 is 0 Å². The molecule has 140 valence electrons. The molecular formula is C22H21N5O. The summed E-state index contributed by atoms with van der Waals surface area (Å²) in [6.07, 6.45) is 2.08. The summed E-state index contributed by atoms with van der Waals surface area (Å²) in [6, 6.07) is 21.9. The number of anilines is 2. The number of nitrogens with one attached hydrogen (secondary N) is 1. The van der Waals surface area contributed by atoms with Crippen LogP contribution >= 0.6 is 0 Å². The standard InChI is InChI=1S/C22H21N5O/c28-22(23-17-7-2-1-3-8-17)26-15-13-25(14-16-26)21-20-11-6-12-27(20)19-10-5-4-9-18(19)24-21/h1-12H,13-16H2,(H,23,28). The van der Waals surface area contributed by atoms with E-state index < -0.39 is 0 Å². The van der Waals surface area contributed by atoms with Crippen LogP contribution < -0.4 is 10.2 Å². The molecule has 4 aromatic rings. The van der Waals surface area contributed by atoms with Crippen molar-refractivity contribution in [1.82, 2.24) is 14.3 Å². The van der Waals surface area contributed by atoms with E-state index in [1.807, 2.05) is 53.4 Å². The fraction of sp³-hybridized carbons (Fsp3) is 0.182. The molecule has 5 rings (SSSR count). The van der Waals surface area contributed by atoms with E-state index in [2.05, 4.69) is 39.0 Å². The molecule has 0 bridgehead atoms. The van der Waals surface area contributed by atoms with Gasteiger partial charge in [-0.15, -0.1) is 0 Å². The van der Waals surface area contributed by atoms with Crippen molar-refractivity contribution in [3.63, 3.8) is 0 Å². The van der Waals surface area contributed by atoms with E-state index in [4.69, 9.17) is 4.98 Å². The topological polar surface area (TPSA) is 52.9 Å². The summed E-state index contributed by atoms with van der Waals surface area (Å²) < 4.78 is 2.19. The summed E-state index contributed by atoms with van der Waals surface area (Å²) in [4.78, 5) is 21.6. The zero-order valence-corrected chi connectivity index (χ0v) is 15.5. The van der Waals surface area contributed by atoms with Crippen molar-refractivity contribution in [3.8, 4) is 0 Å². The van der Waals surface area contributed by atoms with Gasteiger partial charge < -0.3 is 19.5 Å². The SMILES string of the molecule is O=C(Nc1ccccc1)N1CCN(c2nc3ccccc3n3cccc23)CC1. The molecule has 1 aliphatic rings. The second-order valence-electron chi connectivity index (χ2n) is 6.96. The minimum Gasteiger partial charge on any atom is -0.351 e. The third-order valence-corrected chi connectivity index (χ3v) is 5.24. The minimum absolute atomic E-state index is 0.0508. The van der Waals surface area contributed by atoms with Gasteiger partial charge in [-0.2, -0.15) is 0 Å². The average molecular weight is 371 g/mol. The highest BCUT2D eigenvalue weighted by atomic mass is 16.2. The minimum atomic E-state index is -0.0508. The molecule has 1 aliphatic heterocycles. The van der Waals surface area contributed by atoms with Crippen LogP contribution in [0.2, 0.25) is 0 Å². The van der Waals surface area contributed by atoms with Crippen LogP contribution in [-0.2, 0) is 0 Å². The number of urea groups is 1. The summed E-state index contributed by atoms with van der Waals surface area (Å²) in [5, 5.41) is 2.96. The molecule has 1 saturated heterocycles. The summed E-state index contributed by atoms with van der Waals surface area (Å²) in [5.74, 6) is 0.979. The number of rotatable bonds is 2. The predicted molar refractivity (Wildman–Crippen MR) is 112 cm³/mol. The summed E-state index contributed by atoms with van der Waals surface area (Å²) >= 11 is 0. The molecule has 0 unspecified atom stereocenters. The largest absolute Gasteiger partial charge is 0.351 e. The van der Waals surface area contributed by atoms with Gasteiger partial charge in [-0.3, -0.25) is 0 Å². The first kappa shape index (κ1) is 16.6. The van der Waals surface area contributed by atoms with Crippen molar-refractivity contribution >= 4 is 34.1 Å². The van der Waals surface area contributed by atoms with E-state index in [1.165, 1.54) is 0 Å². The maximum Gasteiger partial charge on any atom is 0.321 e. The Hall–Kier alpha value is -3.54. The van der Waals surface area contributed by atoms with Crippen molar-refractivity contribution in [3.05, 3.63) is 72.9 Å². The summed E-state index contributed by atoms with van der Waals surface area (Å²) in [5.41, 5.74) is 4.00. The molecule has 0 radical (unpaired) electrons. The zero-order valence-electron chi connectivity index (χ0n) is 15.5. The highest BCUT2D eigenvalue weighted by molar-refractivity contribution is 5.89. The number of para-hydroxylation sites is 3. The van der Waals surface area contributed by atoms with Crippen LogP contribution in [0, 0.1) is 0 Å². The molecule has 0 saturated carbocycles. The smallest absolute Gasteiger partial charge is 0.321 e. The van der Waals surface area contributed by atoms with Gasteiger partial charge in [0.2, 0.25) is 0 Å². The van der Waals surface area contributed by atoms with Gasteiger partial charge in [0.15, 0.2) is 5.82 Å². The van der Waals surface area contributed by atoms with E-state index in [-0.39, 0.29) is 6.03 Å². The Labute approximate surface area is 163 Å². The zero-order chi connectivity index (χ0) is 18.9. The molecule has 3 heterocycles. The summed E-state index contributed by atoms with van der Waals surface area (Å²) in [6.45, 7) is 2.85. The van der Waals surface area contributed by atoms with E-state index in [1.54, 1.807) is 0 Å². The molecular weight excluding hydrogens is 350 g/mol. The van der Waals surface area contributed by atoms with Gasteiger partial charge in [0.25, 0.3) is 0 Å². The van der Waals surface area contributed by atoms with Crippen molar-refractivity contribution < 1.29 is 4.79 Å². The van der Waals surface area contributed by atoms with Crippen LogP contribution in [0.3, 0.4) is 0 Å². The van der Waals surface area contributed by atoms with Crippen LogP contribution in [0.15, 0.2) is 72.9 Å². The van der Waals surface area contributed by atoms with Gasteiger partial charge in [0.05, 0.1) is 16.6 Å². The normalized spacial score (nSPS) is 14.6. The number of benzene rings is 2. The Kier molecular flexibility index (Phi) is 4.09. The predicted octanol–water partition coefficient (Wildman–Crippen LogP) is 3.84. The van der Waals surface area contributed by atoms with Crippen molar-refractivity contribution in [2.75, 3.05) is 36.4 Å². The Balaban J connectivity index is 1.35. The molecule has 28 heavy (non-hydrogen) atoms. The molecule has 1 N–H and O–H groups in total. The van der Waals surface area contributed by atoms with Gasteiger partial charge in [-0.25, -0.2) is 9.78 Å². The molecule has 6 heteroatoms. The van der Waals surface area contributed by atoms with Crippen molar-refractivity contribution in [2.45, 2.75) is 0 Å². The van der Waals surface area contributed by atoms with Crippen molar-refractivity contribution in [1.29, 1.82) is 0 Å². The highest BCUT2D eigenvalue weighted by Crippen LogP contribution is 2.26. The molecule has 0 atom stereocenters. The monoisotopic (exact) mass is 371 g/mol. The fourth-order valence-electron chi connectivity index (χ4n) is 3.79. The number of hydrogen-bond donors (Lipinski definition) is 1. The van der Waals surface area contributed by atoms with Gasteiger partial charge in [-0.05, 0) is 36.4 Å². The first-order chi connectivity index (χ1) is 13.8. The second kappa shape index (κ2) is 6.88. The Morgan fingerprint density at radius 2 is 1.54 bits per heavy atom. The average Bonchev–Trinajstić information content (AvgIpc) is 3.24. The lowest BCUT2D eigenvalue weighted by Gasteiger charge is -2.35. The molecule has 0 spiro atoms. The number of carbonyl (C=O) groups is 1. The first-order valence-corrected chi connectivity index (χ1v) is 9.51. The lowest BCUT2D eigenvalue weighted by molar-refractivity contribution is 0.208. The second-order valence-corrected chi connectivity index (χ2v) is 6.96. The van der Waals surface area contributed by atoms with Crippen LogP contribution in [0.25, 0.3) is 16.6 Å². The number of hydrogen-bond acceptors (Lipinski definition) is 3. The Bertz CT molecular complexity index is 1130. The molecule has 2 aromatic heterocycles. The van der Waals surface area contributed by atoms with Gasteiger partial charge >= 0.3 is 6.03 Å². The third kappa shape index (κ3) is 2.93. The number of fused-ring (bicyclic) bond motifs is 3.